The number of hydrogen-bond acceptors (Lipinski definition) is 3. The standard InChI is InChI=1S/C24H34N2S/c1-27-20-19-25(21-22-11-5-2-6-12-22)17-18-26(23-13-7-3-8-14-23)24-15-9-4-10-16-24/h2-3,5-8,11-14,24H,4,9-10,15-21H2,1H3. The highest BCUT2D eigenvalue weighted by Crippen LogP contribution is 2.27. The second-order valence-electron chi connectivity index (χ2n) is 7.58. The number of para-hydroxylation sites is 1. The van der Waals surface area contributed by atoms with Crippen molar-refractivity contribution < 1.29 is 0 Å². The van der Waals surface area contributed by atoms with Crippen molar-refractivity contribution in [3.8, 4) is 0 Å². The Hall–Kier alpha value is -1.45. The zero-order valence-corrected chi connectivity index (χ0v) is 17.5. The highest BCUT2D eigenvalue weighted by molar-refractivity contribution is 7.98. The molecule has 0 atom stereocenters. The summed E-state index contributed by atoms with van der Waals surface area (Å²) in [6.45, 7) is 4.45. The number of benzene rings is 2. The summed E-state index contributed by atoms with van der Waals surface area (Å²) < 4.78 is 0. The zero-order chi connectivity index (χ0) is 18.7. The molecule has 1 saturated carbocycles. The third-order valence-corrected chi connectivity index (χ3v) is 6.21. The number of nitrogens with zero attached hydrogens (tertiary/aromatic N) is 2. The predicted molar refractivity (Wildman–Crippen MR) is 121 cm³/mol. The summed E-state index contributed by atoms with van der Waals surface area (Å²) in [5, 5.41) is 0. The molecule has 0 amide bonds. The molecule has 0 bridgehead atoms. The van der Waals surface area contributed by atoms with E-state index in [9.17, 15) is 0 Å². The van der Waals surface area contributed by atoms with Crippen LogP contribution in [0.5, 0.6) is 0 Å². The van der Waals surface area contributed by atoms with E-state index in [4.69, 9.17) is 0 Å². The first-order chi connectivity index (χ1) is 13.4. The highest BCUT2D eigenvalue weighted by atomic mass is 32.2. The van der Waals surface area contributed by atoms with Crippen molar-refractivity contribution in [2.75, 3.05) is 36.5 Å². The summed E-state index contributed by atoms with van der Waals surface area (Å²) in [5.41, 5.74) is 2.82. The van der Waals surface area contributed by atoms with E-state index in [-0.39, 0.29) is 0 Å². The van der Waals surface area contributed by atoms with Gasteiger partial charge in [-0.05, 0) is 36.8 Å². The molecule has 3 heteroatoms. The molecule has 0 saturated heterocycles. The smallest absolute Gasteiger partial charge is 0.0369 e. The van der Waals surface area contributed by atoms with Crippen LogP contribution in [-0.2, 0) is 6.54 Å². The van der Waals surface area contributed by atoms with Crippen molar-refractivity contribution in [3.05, 3.63) is 66.2 Å². The van der Waals surface area contributed by atoms with Crippen LogP contribution in [-0.4, -0.2) is 42.6 Å². The molecule has 2 nitrogen and oxygen atoms in total. The summed E-state index contributed by atoms with van der Waals surface area (Å²) in [6, 6.07) is 22.7. The molecule has 1 fully saturated rings. The van der Waals surface area contributed by atoms with Crippen LogP contribution in [0, 0.1) is 0 Å². The summed E-state index contributed by atoms with van der Waals surface area (Å²) >= 11 is 1.94. The molecule has 146 valence electrons. The van der Waals surface area contributed by atoms with Crippen molar-refractivity contribution in [3.63, 3.8) is 0 Å². The first-order valence-electron chi connectivity index (χ1n) is 10.4. The van der Waals surface area contributed by atoms with Crippen molar-refractivity contribution in [2.45, 2.75) is 44.7 Å². The first-order valence-corrected chi connectivity index (χ1v) is 11.8. The van der Waals surface area contributed by atoms with Crippen LogP contribution in [0.3, 0.4) is 0 Å². The van der Waals surface area contributed by atoms with E-state index >= 15 is 0 Å². The van der Waals surface area contributed by atoms with Gasteiger partial charge >= 0.3 is 0 Å². The summed E-state index contributed by atoms with van der Waals surface area (Å²) in [4.78, 5) is 5.32. The maximum absolute atomic E-state index is 2.69. The number of rotatable bonds is 10. The quantitative estimate of drug-likeness (QED) is 0.521. The summed E-state index contributed by atoms with van der Waals surface area (Å²) in [6.07, 6.45) is 9.07. The van der Waals surface area contributed by atoms with Crippen molar-refractivity contribution in [1.29, 1.82) is 0 Å². The number of thioether (sulfide) groups is 1. The molecule has 0 unspecified atom stereocenters. The van der Waals surface area contributed by atoms with Gasteiger partial charge in [0.1, 0.15) is 0 Å². The largest absolute Gasteiger partial charge is 0.367 e. The monoisotopic (exact) mass is 382 g/mol. The van der Waals surface area contributed by atoms with E-state index in [0.717, 1.165) is 26.2 Å². The molecule has 0 aliphatic heterocycles. The van der Waals surface area contributed by atoms with Crippen LogP contribution in [0.2, 0.25) is 0 Å². The van der Waals surface area contributed by atoms with Gasteiger partial charge in [-0.15, -0.1) is 0 Å². The van der Waals surface area contributed by atoms with Crippen molar-refractivity contribution >= 4 is 17.4 Å². The Bertz CT molecular complexity index is 625. The van der Waals surface area contributed by atoms with Crippen LogP contribution in [0.1, 0.15) is 37.7 Å². The molecule has 2 aromatic carbocycles. The average Bonchev–Trinajstić information content (AvgIpc) is 2.74. The maximum Gasteiger partial charge on any atom is 0.0369 e. The lowest BCUT2D eigenvalue weighted by Crippen LogP contribution is -2.42. The lowest BCUT2D eigenvalue weighted by Gasteiger charge is -2.37. The van der Waals surface area contributed by atoms with E-state index in [1.807, 2.05) is 11.8 Å². The third-order valence-electron chi connectivity index (χ3n) is 5.62. The number of anilines is 1. The summed E-state index contributed by atoms with van der Waals surface area (Å²) in [7, 11) is 0. The fraction of sp³-hybridized carbons (Fsp3) is 0.500. The molecule has 3 rings (SSSR count). The minimum atomic E-state index is 0.709. The van der Waals surface area contributed by atoms with Crippen LogP contribution in [0.4, 0.5) is 5.69 Å². The van der Waals surface area contributed by atoms with E-state index in [0.29, 0.717) is 6.04 Å². The Kier molecular flexibility index (Phi) is 8.57. The van der Waals surface area contributed by atoms with Gasteiger partial charge in [0.25, 0.3) is 0 Å². The lowest BCUT2D eigenvalue weighted by atomic mass is 9.93. The fourth-order valence-corrected chi connectivity index (χ4v) is 4.56. The normalized spacial score (nSPS) is 15.2. The second kappa shape index (κ2) is 11.4. The number of hydrogen-bond donors (Lipinski definition) is 0. The van der Waals surface area contributed by atoms with Gasteiger partial charge in [0.15, 0.2) is 0 Å². The molecule has 0 radical (unpaired) electrons. The molecule has 27 heavy (non-hydrogen) atoms. The van der Waals surface area contributed by atoms with E-state index < -0.39 is 0 Å². The first kappa shape index (κ1) is 20.3. The fourth-order valence-electron chi connectivity index (χ4n) is 4.12. The average molecular weight is 383 g/mol. The van der Waals surface area contributed by atoms with Gasteiger partial charge in [0.05, 0.1) is 0 Å². The molecule has 0 spiro atoms. The SMILES string of the molecule is CSCCN(CCN(c1ccccc1)C1CCCCC1)Cc1ccccc1. The van der Waals surface area contributed by atoms with Crippen LogP contribution < -0.4 is 4.90 Å². The van der Waals surface area contributed by atoms with Gasteiger partial charge < -0.3 is 4.90 Å². The Morgan fingerprint density at radius 1 is 0.815 bits per heavy atom. The molecular weight excluding hydrogens is 348 g/mol. The Morgan fingerprint density at radius 3 is 2.15 bits per heavy atom. The van der Waals surface area contributed by atoms with E-state index in [2.05, 4.69) is 76.7 Å². The molecule has 0 heterocycles. The molecule has 0 N–H and O–H groups in total. The molecule has 1 aliphatic carbocycles. The second-order valence-corrected chi connectivity index (χ2v) is 8.56. The minimum Gasteiger partial charge on any atom is -0.367 e. The van der Waals surface area contributed by atoms with Gasteiger partial charge in [0, 0.05) is 43.7 Å². The topological polar surface area (TPSA) is 6.48 Å². The summed E-state index contributed by atoms with van der Waals surface area (Å²) in [5.74, 6) is 1.20. The van der Waals surface area contributed by atoms with Gasteiger partial charge in [-0.1, -0.05) is 67.8 Å². The van der Waals surface area contributed by atoms with Crippen molar-refractivity contribution in [2.24, 2.45) is 0 Å². The Morgan fingerprint density at radius 2 is 1.48 bits per heavy atom. The Balaban J connectivity index is 1.66. The van der Waals surface area contributed by atoms with Crippen LogP contribution in [0.15, 0.2) is 60.7 Å². The van der Waals surface area contributed by atoms with Gasteiger partial charge in [-0.2, -0.15) is 11.8 Å². The molecule has 1 aliphatic rings. The van der Waals surface area contributed by atoms with Crippen LogP contribution in [0.25, 0.3) is 0 Å². The van der Waals surface area contributed by atoms with Gasteiger partial charge in [-0.3, -0.25) is 4.90 Å². The van der Waals surface area contributed by atoms with E-state index in [1.54, 1.807) is 0 Å². The zero-order valence-electron chi connectivity index (χ0n) is 16.7. The van der Waals surface area contributed by atoms with Crippen molar-refractivity contribution in [1.82, 2.24) is 4.90 Å². The molecular formula is C24H34N2S. The van der Waals surface area contributed by atoms with Gasteiger partial charge in [-0.25, -0.2) is 0 Å². The maximum atomic E-state index is 2.69. The third kappa shape index (κ3) is 6.58. The van der Waals surface area contributed by atoms with E-state index in [1.165, 1.54) is 49.1 Å². The molecule has 0 aromatic heterocycles. The Labute approximate surface area is 170 Å². The van der Waals surface area contributed by atoms with Crippen LogP contribution >= 0.6 is 11.8 Å². The highest BCUT2D eigenvalue weighted by Gasteiger charge is 2.22. The minimum absolute atomic E-state index is 0.709. The molecule has 2 aromatic rings. The predicted octanol–water partition coefficient (Wildman–Crippen LogP) is 5.69. The van der Waals surface area contributed by atoms with Gasteiger partial charge in [0.2, 0.25) is 0 Å². The lowest BCUT2D eigenvalue weighted by molar-refractivity contribution is 0.280.